The second kappa shape index (κ2) is 10.1. The van der Waals surface area contributed by atoms with E-state index in [1.807, 2.05) is 55.5 Å². The van der Waals surface area contributed by atoms with Crippen LogP contribution in [-0.2, 0) is 4.74 Å². The van der Waals surface area contributed by atoms with Gasteiger partial charge in [-0.1, -0.05) is 41.9 Å². The highest BCUT2D eigenvalue weighted by Gasteiger charge is 2.19. The minimum atomic E-state index is -0.0376. The fourth-order valence-electron chi connectivity index (χ4n) is 4.00. The first kappa shape index (κ1) is 21.6. The van der Waals surface area contributed by atoms with Crippen LogP contribution in [0.5, 0.6) is 0 Å². The van der Waals surface area contributed by atoms with Crippen molar-refractivity contribution in [1.29, 1.82) is 0 Å². The topological polar surface area (TPSA) is 46.5 Å². The van der Waals surface area contributed by atoms with Crippen molar-refractivity contribution in [2.24, 2.45) is 0 Å². The van der Waals surface area contributed by atoms with Crippen LogP contribution in [0.4, 0.5) is 0 Å². The molecule has 0 spiro atoms. The summed E-state index contributed by atoms with van der Waals surface area (Å²) in [7, 11) is 0. The molecular formula is C25H28ClN3O2. The average molecular weight is 438 g/mol. The third-order valence-corrected chi connectivity index (χ3v) is 5.94. The Morgan fingerprint density at radius 2 is 1.77 bits per heavy atom. The van der Waals surface area contributed by atoms with E-state index in [0.29, 0.717) is 17.1 Å². The molecule has 31 heavy (non-hydrogen) atoms. The van der Waals surface area contributed by atoms with Crippen LogP contribution in [0.15, 0.2) is 60.7 Å². The zero-order valence-corrected chi connectivity index (χ0v) is 18.6. The smallest absolute Gasteiger partial charge is 0.253 e. The van der Waals surface area contributed by atoms with Gasteiger partial charge < -0.3 is 14.6 Å². The zero-order valence-electron chi connectivity index (χ0n) is 17.8. The minimum absolute atomic E-state index is 0.0376. The zero-order chi connectivity index (χ0) is 21.6. The number of hydrogen-bond acceptors (Lipinski definition) is 3. The standard InChI is InChI=1S/C25H28ClN3O2/c1-19-23(25(30)27-12-5-13-28-14-16-31-17-15-28)18-24(20-8-10-21(26)11-9-20)29(19)22-6-3-2-4-7-22/h2-4,6-11,18H,5,12-17H2,1H3,(H,27,30). The van der Waals surface area contributed by atoms with Crippen molar-refractivity contribution >= 4 is 17.5 Å². The first-order chi connectivity index (χ1) is 15.1. The Labute approximate surface area is 188 Å². The molecule has 0 atom stereocenters. The number of hydrogen-bond donors (Lipinski definition) is 1. The van der Waals surface area contributed by atoms with E-state index < -0.39 is 0 Å². The van der Waals surface area contributed by atoms with Gasteiger partial charge in [-0.2, -0.15) is 0 Å². The second-order valence-corrected chi connectivity index (χ2v) is 8.21. The van der Waals surface area contributed by atoms with Crippen LogP contribution in [0.1, 0.15) is 22.5 Å². The van der Waals surface area contributed by atoms with Crippen LogP contribution in [0.2, 0.25) is 5.02 Å². The van der Waals surface area contributed by atoms with Gasteiger partial charge in [0.1, 0.15) is 0 Å². The number of nitrogens with one attached hydrogen (secondary N) is 1. The van der Waals surface area contributed by atoms with E-state index in [-0.39, 0.29) is 5.91 Å². The van der Waals surface area contributed by atoms with Crippen LogP contribution in [0, 0.1) is 6.92 Å². The predicted molar refractivity (Wildman–Crippen MR) is 125 cm³/mol. The molecule has 1 saturated heterocycles. The van der Waals surface area contributed by atoms with E-state index in [9.17, 15) is 4.79 Å². The lowest BCUT2D eigenvalue weighted by atomic mass is 10.1. The Bertz CT molecular complexity index is 1010. The van der Waals surface area contributed by atoms with Gasteiger partial charge in [-0.25, -0.2) is 0 Å². The molecule has 1 aromatic heterocycles. The third kappa shape index (κ3) is 5.18. The van der Waals surface area contributed by atoms with E-state index >= 15 is 0 Å². The number of benzene rings is 2. The van der Waals surface area contributed by atoms with Gasteiger partial charge in [-0.15, -0.1) is 0 Å². The molecule has 1 fully saturated rings. The monoisotopic (exact) mass is 437 g/mol. The molecule has 0 unspecified atom stereocenters. The highest BCUT2D eigenvalue weighted by atomic mass is 35.5. The van der Waals surface area contributed by atoms with E-state index in [4.69, 9.17) is 16.3 Å². The van der Waals surface area contributed by atoms with Crippen molar-refractivity contribution in [3.8, 4) is 16.9 Å². The minimum Gasteiger partial charge on any atom is -0.379 e. The summed E-state index contributed by atoms with van der Waals surface area (Å²) >= 11 is 6.09. The van der Waals surface area contributed by atoms with Gasteiger partial charge in [-0.3, -0.25) is 9.69 Å². The Kier molecular flexibility index (Phi) is 7.07. The molecule has 0 bridgehead atoms. The molecule has 2 aromatic carbocycles. The number of morpholine rings is 1. The maximum atomic E-state index is 13.0. The highest BCUT2D eigenvalue weighted by Crippen LogP contribution is 2.30. The lowest BCUT2D eigenvalue weighted by molar-refractivity contribution is 0.0374. The molecule has 2 heterocycles. The maximum Gasteiger partial charge on any atom is 0.253 e. The molecule has 3 aromatic rings. The summed E-state index contributed by atoms with van der Waals surface area (Å²) in [4.78, 5) is 15.4. The van der Waals surface area contributed by atoms with Gasteiger partial charge in [0.25, 0.3) is 5.91 Å². The fraction of sp³-hybridized carbons (Fsp3) is 0.320. The first-order valence-corrected chi connectivity index (χ1v) is 11.1. The van der Waals surface area contributed by atoms with Crippen molar-refractivity contribution < 1.29 is 9.53 Å². The molecule has 5 nitrogen and oxygen atoms in total. The van der Waals surface area contributed by atoms with Gasteiger partial charge in [0, 0.05) is 36.0 Å². The summed E-state index contributed by atoms with van der Waals surface area (Å²) in [6.45, 7) is 7.16. The summed E-state index contributed by atoms with van der Waals surface area (Å²) in [6.07, 6.45) is 0.925. The quantitative estimate of drug-likeness (QED) is 0.551. The van der Waals surface area contributed by atoms with Crippen LogP contribution in [0.3, 0.4) is 0 Å². The Morgan fingerprint density at radius 3 is 2.48 bits per heavy atom. The van der Waals surface area contributed by atoms with Crippen LogP contribution >= 0.6 is 11.6 Å². The summed E-state index contributed by atoms with van der Waals surface area (Å²) in [5, 5.41) is 3.79. The largest absolute Gasteiger partial charge is 0.379 e. The van der Waals surface area contributed by atoms with Gasteiger partial charge in [0.2, 0.25) is 0 Å². The average Bonchev–Trinajstić information content (AvgIpc) is 3.15. The summed E-state index contributed by atoms with van der Waals surface area (Å²) in [5.74, 6) is -0.0376. The van der Waals surface area contributed by atoms with Crippen molar-refractivity contribution in [2.45, 2.75) is 13.3 Å². The molecule has 4 rings (SSSR count). The highest BCUT2D eigenvalue weighted by molar-refractivity contribution is 6.30. The van der Waals surface area contributed by atoms with E-state index in [0.717, 1.165) is 61.9 Å². The normalized spacial score (nSPS) is 14.5. The van der Waals surface area contributed by atoms with Gasteiger partial charge in [0.15, 0.2) is 0 Å². The van der Waals surface area contributed by atoms with E-state index in [1.54, 1.807) is 0 Å². The summed E-state index contributed by atoms with van der Waals surface area (Å²) in [6, 6.07) is 19.8. The number of carbonyl (C=O) groups is 1. The molecule has 0 saturated carbocycles. The molecular weight excluding hydrogens is 410 g/mol. The van der Waals surface area contributed by atoms with E-state index in [1.165, 1.54) is 0 Å². The number of amides is 1. The molecule has 6 heteroatoms. The Morgan fingerprint density at radius 1 is 1.06 bits per heavy atom. The van der Waals surface area contributed by atoms with Crippen LogP contribution in [-0.4, -0.2) is 54.8 Å². The van der Waals surface area contributed by atoms with Crippen molar-refractivity contribution in [2.75, 3.05) is 39.4 Å². The Hall–Kier alpha value is -2.60. The maximum absolute atomic E-state index is 13.0. The van der Waals surface area contributed by atoms with Crippen LogP contribution < -0.4 is 5.32 Å². The third-order valence-electron chi connectivity index (χ3n) is 5.69. The molecule has 0 aliphatic carbocycles. The van der Waals surface area contributed by atoms with Crippen molar-refractivity contribution in [3.63, 3.8) is 0 Å². The lowest BCUT2D eigenvalue weighted by Crippen LogP contribution is -2.38. The fourth-order valence-corrected chi connectivity index (χ4v) is 4.13. The predicted octanol–water partition coefficient (Wildman–Crippen LogP) is 4.56. The van der Waals surface area contributed by atoms with E-state index in [2.05, 4.69) is 26.9 Å². The van der Waals surface area contributed by atoms with Gasteiger partial charge >= 0.3 is 0 Å². The summed E-state index contributed by atoms with van der Waals surface area (Å²) < 4.78 is 7.52. The van der Waals surface area contributed by atoms with Gasteiger partial charge in [0.05, 0.1) is 24.5 Å². The number of para-hydroxylation sites is 1. The number of halogens is 1. The molecule has 0 radical (unpaired) electrons. The number of rotatable bonds is 7. The summed E-state index contributed by atoms with van der Waals surface area (Å²) in [5.41, 5.74) is 4.62. The lowest BCUT2D eigenvalue weighted by Gasteiger charge is -2.26. The molecule has 1 N–H and O–H groups in total. The second-order valence-electron chi connectivity index (χ2n) is 7.77. The number of nitrogens with zero attached hydrogens (tertiary/aromatic N) is 2. The SMILES string of the molecule is Cc1c(C(=O)NCCCN2CCOCC2)cc(-c2ccc(Cl)cc2)n1-c1ccccc1. The first-order valence-electron chi connectivity index (χ1n) is 10.8. The molecule has 162 valence electrons. The van der Waals surface area contributed by atoms with Crippen LogP contribution in [0.25, 0.3) is 16.9 Å². The number of ether oxygens (including phenoxy) is 1. The van der Waals surface area contributed by atoms with Gasteiger partial charge in [-0.05, 0) is 55.8 Å². The number of carbonyl (C=O) groups excluding carboxylic acids is 1. The molecule has 1 amide bonds. The Balaban J connectivity index is 1.53. The number of aromatic nitrogens is 1. The molecule has 1 aliphatic heterocycles. The van der Waals surface area contributed by atoms with Crippen molar-refractivity contribution in [1.82, 2.24) is 14.8 Å². The molecule has 1 aliphatic rings. The van der Waals surface area contributed by atoms with Crippen molar-refractivity contribution in [3.05, 3.63) is 76.9 Å².